The highest BCUT2D eigenvalue weighted by Gasteiger charge is 2.36. The molecule has 2 N–H and O–H groups in total. The van der Waals surface area contributed by atoms with E-state index in [1.54, 1.807) is 0 Å². The van der Waals surface area contributed by atoms with Crippen LogP contribution in [0, 0.1) is 5.92 Å². The third kappa shape index (κ3) is 3.66. The van der Waals surface area contributed by atoms with Crippen molar-refractivity contribution in [1.82, 2.24) is 4.90 Å². The van der Waals surface area contributed by atoms with Crippen molar-refractivity contribution in [3.05, 3.63) is 0 Å². The van der Waals surface area contributed by atoms with Gasteiger partial charge in [0.25, 0.3) is 0 Å². The second-order valence-corrected chi connectivity index (χ2v) is 5.84. The quantitative estimate of drug-likeness (QED) is 0.765. The van der Waals surface area contributed by atoms with Gasteiger partial charge in [0.1, 0.15) is 0 Å². The van der Waals surface area contributed by atoms with Crippen LogP contribution in [-0.2, 0) is 4.79 Å². The second-order valence-electron chi connectivity index (χ2n) is 5.31. The van der Waals surface area contributed by atoms with E-state index in [9.17, 15) is 4.79 Å². The third-order valence-electron chi connectivity index (χ3n) is 3.82. The number of hydrogen-bond donors (Lipinski definition) is 1. The van der Waals surface area contributed by atoms with Gasteiger partial charge in [0.05, 0.1) is 4.99 Å². The van der Waals surface area contributed by atoms with Gasteiger partial charge >= 0.3 is 0 Å². The molecule has 0 atom stereocenters. The van der Waals surface area contributed by atoms with Crippen molar-refractivity contribution in [3.8, 4) is 0 Å². The van der Waals surface area contributed by atoms with Crippen LogP contribution in [0.4, 0.5) is 0 Å². The van der Waals surface area contributed by atoms with Gasteiger partial charge in [0.15, 0.2) is 0 Å². The van der Waals surface area contributed by atoms with Crippen LogP contribution in [0.3, 0.4) is 0 Å². The second kappa shape index (κ2) is 5.80. The maximum absolute atomic E-state index is 12.3. The molecule has 3 nitrogen and oxygen atoms in total. The zero-order valence-corrected chi connectivity index (χ0v) is 11.2. The maximum Gasteiger partial charge on any atom is 0.225 e. The number of rotatable bonds is 5. The van der Waals surface area contributed by atoms with Crippen LogP contribution in [0.1, 0.15) is 51.4 Å². The van der Waals surface area contributed by atoms with E-state index in [1.165, 1.54) is 19.3 Å². The van der Waals surface area contributed by atoms with Gasteiger partial charge in [-0.15, -0.1) is 0 Å². The summed E-state index contributed by atoms with van der Waals surface area (Å²) < 4.78 is 0. The number of hydrogen-bond acceptors (Lipinski definition) is 2. The Balaban J connectivity index is 1.94. The van der Waals surface area contributed by atoms with Crippen LogP contribution in [0.25, 0.3) is 0 Å². The first-order valence-electron chi connectivity index (χ1n) is 6.77. The minimum atomic E-state index is 0.309. The van der Waals surface area contributed by atoms with Gasteiger partial charge in [-0.05, 0) is 25.7 Å². The van der Waals surface area contributed by atoms with Crippen molar-refractivity contribution in [3.63, 3.8) is 0 Å². The fourth-order valence-corrected chi connectivity index (χ4v) is 2.75. The number of nitrogens with two attached hydrogens (primary N) is 1. The Morgan fingerprint density at radius 2 is 1.82 bits per heavy atom. The molecule has 0 aliphatic heterocycles. The van der Waals surface area contributed by atoms with Crippen molar-refractivity contribution in [2.24, 2.45) is 11.7 Å². The molecule has 0 aromatic rings. The summed E-state index contributed by atoms with van der Waals surface area (Å²) in [5.74, 6) is 0.663. The zero-order chi connectivity index (χ0) is 12.3. The predicted molar refractivity (Wildman–Crippen MR) is 72.7 cm³/mol. The van der Waals surface area contributed by atoms with E-state index in [2.05, 4.69) is 4.90 Å². The molecular weight excluding hydrogens is 232 g/mol. The monoisotopic (exact) mass is 254 g/mol. The zero-order valence-electron chi connectivity index (χ0n) is 10.4. The molecule has 0 bridgehead atoms. The largest absolute Gasteiger partial charge is 0.393 e. The van der Waals surface area contributed by atoms with E-state index >= 15 is 0 Å². The Morgan fingerprint density at radius 1 is 1.18 bits per heavy atom. The van der Waals surface area contributed by atoms with Gasteiger partial charge in [-0.3, -0.25) is 4.79 Å². The van der Waals surface area contributed by atoms with Crippen molar-refractivity contribution in [1.29, 1.82) is 0 Å². The minimum Gasteiger partial charge on any atom is -0.393 e. The molecule has 2 fully saturated rings. The molecule has 0 aromatic heterocycles. The summed E-state index contributed by atoms with van der Waals surface area (Å²) in [6, 6.07) is 0.450. The maximum atomic E-state index is 12.3. The highest BCUT2D eigenvalue weighted by Crippen LogP contribution is 2.33. The summed E-state index contributed by atoms with van der Waals surface area (Å²) in [5.41, 5.74) is 5.56. The molecule has 2 saturated carbocycles. The number of amides is 1. The van der Waals surface area contributed by atoms with E-state index in [4.69, 9.17) is 18.0 Å². The van der Waals surface area contributed by atoms with Gasteiger partial charge in [-0.2, -0.15) is 0 Å². The van der Waals surface area contributed by atoms with E-state index in [-0.39, 0.29) is 0 Å². The van der Waals surface area contributed by atoms with Crippen LogP contribution in [-0.4, -0.2) is 28.4 Å². The van der Waals surface area contributed by atoms with Gasteiger partial charge in [-0.25, -0.2) is 0 Å². The van der Waals surface area contributed by atoms with Gasteiger partial charge in [0.2, 0.25) is 5.91 Å². The average Bonchev–Trinajstić information content (AvgIpc) is 3.14. The smallest absolute Gasteiger partial charge is 0.225 e. The lowest BCUT2D eigenvalue weighted by Gasteiger charge is -2.34. The molecule has 4 heteroatoms. The van der Waals surface area contributed by atoms with Crippen LogP contribution >= 0.6 is 12.2 Å². The normalized spacial score (nSPS) is 21.2. The lowest BCUT2D eigenvalue weighted by Crippen LogP contribution is -2.43. The summed E-state index contributed by atoms with van der Waals surface area (Å²) in [7, 11) is 0. The van der Waals surface area contributed by atoms with Crippen molar-refractivity contribution >= 4 is 23.1 Å². The first-order chi connectivity index (χ1) is 8.18. The van der Waals surface area contributed by atoms with Crippen molar-refractivity contribution < 1.29 is 4.79 Å². The van der Waals surface area contributed by atoms with Crippen LogP contribution in [0.15, 0.2) is 0 Å². The molecule has 2 rings (SSSR count). The SMILES string of the molecule is NC(=S)CCN(C(=O)C1CC1)C1CCCCC1. The van der Waals surface area contributed by atoms with Crippen LogP contribution in [0.2, 0.25) is 0 Å². The number of carbonyl (C=O) groups is 1. The van der Waals surface area contributed by atoms with Crippen LogP contribution in [0.5, 0.6) is 0 Å². The number of thiocarbonyl (C=S) groups is 1. The van der Waals surface area contributed by atoms with E-state index in [0.29, 0.717) is 29.3 Å². The summed E-state index contributed by atoms with van der Waals surface area (Å²) >= 11 is 4.92. The Labute approximate surface area is 109 Å². The molecule has 0 aromatic carbocycles. The molecule has 2 aliphatic carbocycles. The molecule has 96 valence electrons. The molecule has 0 saturated heterocycles. The first-order valence-corrected chi connectivity index (χ1v) is 7.18. The van der Waals surface area contributed by atoms with Gasteiger partial charge in [-0.1, -0.05) is 31.5 Å². The minimum absolute atomic E-state index is 0.309. The topological polar surface area (TPSA) is 46.3 Å². The standard InChI is InChI=1S/C13H22N2OS/c14-12(17)8-9-15(13(16)10-6-7-10)11-4-2-1-3-5-11/h10-11H,1-9H2,(H2,14,17). The molecular formula is C13H22N2OS. The molecule has 0 radical (unpaired) electrons. The molecule has 2 aliphatic rings. The Hall–Kier alpha value is -0.640. The lowest BCUT2D eigenvalue weighted by atomic mass is 9.93. The summed E-state index contributed by atoms with van der Waals surface area (Å²) in [6.45, 7) is 0.731. The third-order valence-corrected chi connectivity index (χ3v) is 4.03. The molecule has 1 amide bonds. The Bertz CT molecular complexity index is 296. The van der Waals surface area contributed by atoms with E-state index in [0.717, 1.165) is 32.2 Å². The van der Waals surface area contributed by atoms with Crippen molar-refractivity contribution in [2.45, 2.75) is 57.4 Å². The Morgan fingerprint density at radius 3 is 2.35 bits per heavy atom. The van der Waals surface area contributed by atoms with Gasteiger partial charge < -0.3 is 10.6 Å². The fourth-order valence-electron chi connectivity index (χ4n) is 2.66. The first kappa shape index (κ1) is 12.8. The lowest BCUT2D eigenvalue weighted by molar-refractivity contribution is -0.135. The van der Waals surface area contributed by atoms with Gasteiger partial charge in [0, 0.05) is 24.9 Å². The van der Waals surface area contributed by atoms with E-state index in [1.807, 2.05) is 0 Å². The molecule has 17 heavy (non-hydrogen) atoms. The number of carbonyl (C=O) groups excluding carboxylic acids is 1. The average molecular weight is 254 g/mol. The summed E-state index contributed by atoms with van der Waals surface area (Å²) in [6.07, 6.45) is 8.98. The highest BCUT2D eigenvalue weighted by atomic mass is 32.1. The fraction of sp³-hybridized carbons (Fsp3) is 0.846. The summed E-state index contributed by atoms with van der Waals surface area (Å²) in [5, 5.41) is 0. The number of nitrogens with zero attached hydrogens (tertiary/aromatic N) is 1. The predicted octanol–water partition coefficient (Wildman–Crippen LogP) is 2.23. The van der Waals surface area contributed by atoms with Crippen molar-refractivity contribution in [2.75, 3.05) is 6.54 Å². The molecule has 0 heterocycles. The van der Waals surface area contributed by atoms with Crippen LogP contribution < -0.4 is 5.73 Å². The highest BCUT2D eigenvalue weighted by molar-refractivity contribution is 7.80. The summed E-state index contributed by atoms with van der Waals surface area (Å²) in [4.78, 5) is 14.9. The van der Waals surface area contributed by atoms with E-state index < -0.39 is 0 Å². The molecule has 0 unspecified atom stereocenters. The molecule has 0 spiro atoms. The Kier molecular flexibility index (Phi) is 4.37.